The Kier molecular flexibility index (Phi) is 66.3. The summed E-state index contributed by atoms with van der Waals surface area (Å²) in [6.45, 7) is 6.40. The van der Waals surface area contributed by atoms with Crippen molar-refractivity contribution >= 4 is 17.9 Å². The molecule has 1 unspecified atom stereocenters. The van der Waals surface area contributed by atoms with E-state index in [1.807, 2.05) is 0 Å². The van der Waals surface area contributed by atoms with Gasteiger partial charge in [-0.25, -0.2) is 0 Å². The van der Waals surface area contributed by atoms with Crippen molar-refractivity contribution in [2.24, 2.45) is 0 Å². The highest BCUT2D eigenvalue weighted by Gasteiger charge is 2.19. The molecule has 0 fully saturated rings. The fraction of sp³-hybridized carbons (Fsp3) is 0.675. The van der Waals surface area contributed by atoms with Crippen LogP contribution in [0.4, 0.5) is 0 Å². The lowest BCUT2D eigenvalue weighted by molar-refractivity contribution is -0.167. The fourth-order valence-electron chi connectivity index (χ4n) is 9.49. The quantitative estimate of drug-likeness (QED) is 0.0261. The zero-order chi connectivity index (χ0) is 59.9. The first-order chi connectivity index (χ1) is 41.0. The van der Waals surface area contributed by atoms with E-state index in [4.69, 9.17) is 14.2 Å². The first kappa shape index (κ1) is 78.5. The van der Waals surface area contributed by atoms with E-state index < -0.39 is 6.10 Å². The van der Waals surface area contributed by atoms with Crippen LogP contribution in [0.15, 0.2) is 134 Å². The summed E-state index contributed by atoms with van der Waals surface area (Å²) in [5, 5.41) is 0. The van der Waals surface area contributed by atoms with Gasteiger partial charge in [0.05, 0.1) is 0 Å². The Morgan fingerprint density at radius 2 is 0.470 bits per heavy atom. The molecule has 0 rings (SSSR count). The Balaban J connectivity index is 4.27. The molecule has 0 amide bonds. The maximum atomic E-state index is 12.9. The van der Waals surface area contributed by atoms with Gasteiger partial charge in [0, 0.05) is 19.3 Å². The van der Waals surface area contributed by atoms with Gasteiger partial charge >= 0.3 is 17.9 Å². The molecule has 472 valence electrons. The lowest BCUT2D eigenvalue weighted by Gasteiger charge is -2.18. The molecule has 0 aromatic carbocycles. The van der Waals surface area contributed by atoms with E-state index in [1.54, 1.807) is 0 Å². The molecule has 0 spiro atoms. The molecule has 0 saturated carbocycles. The van der Waals surface area contributed by atoms with E-state index in [1.165, 1.54) is 135 Å². The van der Waals surface area contributed by atoms with Crippen LogP contribution in [-0.2, 0) is 28.6 Å². The third-order valence-corrected chi connectivity index (χ3v) is 14.6. The summed E-state index contributed by atoms with van der Waals surface area (Å²) in [5.74, 6) is -0.917. The number of carbonyl (C=O) groups is 3. The van der Waals surface area contributed by atoms with E-state index in [9.17, 15) is 14.4 Å². The molecule has 6 heteroatoms. The van der Waals surface area contributed by atoms with Crippen molar-refractivity contribution in [1.29, 1.82) is 0 Å². The van der Waals surface area contributed by atoms with Crippen molar-refractivity contribution in [2.45, 2.75) is 322 Å². The van der Waals surface area contributed by atoms with Crippen molar-refractivity contribution in [1.82, 2.24) is 0 Å². The average molecular weight is 1150 g/mol. The van der Waals surface area contributed by atoms with Crippen LogP contribution in [0.2, 0.25) is 0 Å². The van der Waals surface area contributed by atoms with Crippen molar-refractivity contribution < 1.29 is 28.6 Å². The summed E-state index contributed by atoms with van der Waals surface area (Å²) >= 11 is 0. The number of esters is 3. The van der Waals surface area contributed by atoms with E-state index in [0.29, 0.717) is 19.3 Å². The lowest BCUT2D eigenvalue weighted by Crippen LogP contribution is -2.30. The highest BCUT2D eigenvalue weighted by Crippen LogP contribution is 2.16. The number of hydrogen-bond donors (Lipinski definition) is 0. The van der Waals surface area contributed by atoms with E-state index in [2.05, 4.69) is 154 Å². The van der Waals surface area contributed by atoms with Gasteiger partial charge < -0.3 is 14.2 Å². The van der Waals surface area contributed by atoms with Gasteiger partial charge in [-0.05, 0) is 135 Å². The third kappa shape index (κ3) is 68.2. The van der Waals surface area contributed by atoms with Gasteiger partial charge in [-0.2, -0.15) is 0 Å². The minimum absolute atomic E-state index is 0.0921. The Hall–Kier alpha value is -4.45. The SMILES string of the molecule is CC/C=C\C/C=C\C/C=C\C/C=C\C/C=C\C/C=C\CCCCCCCCCCCCCCCCC(=O)OCC(COC(=O)CCCCCCC/C=C\CCCCCCCC)OC(=O)CCCCCC/C=C\C/C=C\C/C=C\C/C=C\CC. The van der Waals surface area contributed by atoms with Crippen LogP contribution in [0.5, 0.6) is 0 Å². The number of unbranched alkanes of at least 4 members (excludes halogenated alkanes) is 29. The predicted molar refractivity (Wildman–Crippen MR) is 362 cm³/mol. The number of allylic oxidation sites excluding steroid dienone is 22. The molecular weight excluding hydrogens is 1020 g/mol. The second-order valence-electron chi connectivity index (χ2n) is 22.7. The minimum Gasteiger partial charge on any atom is -0.462 e. The summed E-state index contributed by atoms with van der Waals surface area (Å²) in [6.07, 6.45) is 99.0. The molecule has 0 heterocycles. The van der Waals surface area contributed by atoms with Crippen LogP contribution >= 0.6 is 0 Å². The van der Waals surface area contributed by atoms with Crippen molar-refractivity contribution in [3.8, 4) is 0 Å². The molecule has 0 bridgehead atoms. The number of hydrogen-bond acceptors (Lipinski definition) is 6. The number of ether oxygens (including phenoxy) is 3. The van der Waals surface area contributed by atoms with Gasteiger partial charge in [0.15, 0.2) is 6.10 Å². The molecule has 0 saturated heterocycles. The molecule has 6 nitrogen and oxygen atoms in total. The van der Waals surface area contributed by atoms with E-state index in [0.717, 1.165) is 141 Å². The van der Waals surface area contributed by atoms with Gasteiger partial charge in [-0.1, -0.05) is 296 Å². The molecule has 0 aliphatic heterocycles. The van der Waals surface area contributed by atoms with Crippen LogP contribution < -0.4 is 0 Å². The smallest absolute Gasteiger partial charge is 0.306 e. The van der Waals surface area contributed by atoms with Gasteiger partial charge in [0.25, 0.3) is 0 Å². The monoisotopic (exact) mass is 1150 g/mol. The Morgan fingerprint density at radius 1 is 0.253 bits per heavy atom. The van der Waals surface area contributed by atoms with Gasteiger partial charge in [0.2, 0.25) is 0 Å². The standard InChI is InChI=1S/C77H128O6/c1-4-7-10-13-16-19-22-25-28-30-31-32-33-34-35-36-37-38-39-40-41-42-43-44-45-47-49-52-55-58-61-64-67-70-76(79)82-73-74(72-81-75(78)69-66-63-60-57-54-51-48-27-24-21-18-15-12-9-6-3)83-77(80)71-68-65-62-59-56-53-50-46-29-26-23-20-17-14-11-8-5-2/h7-8,10-11,16-17,19-20,25-29,31-32,34-35,37-38,48,50,53,74H,4-6,9,12-15,18,21-24,30,33,36,39-47,49,51-52,54-73H2,1-3H3/b10-7-,11-8-,19-16-,20-17-,28-25-,29-26-,32-31-,35-34-,38-37-,48-27-,53-50-. The molecule has 0 aromatic rings. The summed E-state index contributed by atoms with van der Waals surface area (Å²) in [5.41, 5.74) is 0. The summed E-state index contributed by atoms with van der Waals surface area (Å²) in [6, 6.07) is 0. The second kappa shape index (κ2) is 70.0. The molecule has 0 N–H and O–H groups in total. The summed E-state index contributed by atoms with van der Waals surface area (Å²) < 4.78 is 16.9. The highest BCUT2D eigenvalue weighted by molar-refractivity contribution is 5.71. The predicted octanol–water partition coefficient (Wildman–Crippen LogP) is 24.1. The fourth-order valence-corrected chi connectivity index (χ4v) is 9.49. The topological polar surface area (TPSA) is 78.9 Å². The van der Waals surface area contributed by atoms with Gasteiger partial charge in [0.1, 0.15) is 13.2 Å². The molecule has 0 aliphatic rings. The Morgan fingerprint density at radius 3 is 0.747 bits per heavy atom. The molecule has 1 atom stereocenters. The number of carbonyl (C=O) groups excluding carboxylic acids is 3. The van der Waals surface area contributed by atoms with Crippen LogP contribution in [0.25, 0.3) is 0 Å². The number of rotatable bonds is 62. The Labute approximate surface area is 513 Å². The highest BCUT2D eigenvalue weighted by atomic mass is 16.6. The molecule has 83 heavy (non-hydrogen) atoms. The van der Waals surface area contributed by atoms with Crippen LogP contribution in [0.1, 0.15) is 316 Å². The zero-order valence-electron chi connectivity index (χ0n) is 54.2. The van der Waals surface area contributed by atoms with Gasteiger partial charge in [-0.3, -0.25) is 14.4 Å². The van der Waals surface area contributed by atoms with E-state index >= 15 is 0 Å². The molecule has 0 aliphatic carbocycles. The second-order valence-corrected chi connectivity index (χ2v) is 22.7. The largest absolute Gasteiger partial charge is 0.462 e. The zero-order valence-corrected chi connectivity index (χ0v) is 54.2. The molecule has 0 radical (unpaired) electrons. The van der Waals surface area contributed by atoms with Crippen LogP contribution in [0, 0.1) is 0 Å². The summed E-state index contributed by atoms with van der Waals surface area (Å²) in [4.78, 5) is 38.4. The van der Waals surface area contributed by atoms with Crippen LogP contribution in [-0.4, -0.2) is 37.2 Å². The van der Waals surface area contributed by atoms with Crippen molar-refractivity contribution in [3.63, 3.8) is 0 Å². The lowest BCUT2D eigenvalue weighted by atomic mass is 10.0. The third-order valence-electron chi connectivity index (χ3n) is 14.6. The summed E-state index contributed by atoms with van der Waals surface area (Å²) in [7, 11) is 0. The first-order valence-corrected chi connectivity index (χ1v) is 34.7. The Bertz CT molecular complexity index is 1750. The van der Waals surface area contributed by atoms with Crippen LogP contribution in [0.3, 0.4) is 0 Å². The first-order valence-electron chi connectivity index (χ1n) is 34.7. The maximum absolute atomic E-state index is 12.9. The average Bonchev–Trinajstić information content (AvgIpc) is 3.49. The maximum Gasteiger partial charge on any atom is 0.306 e. The normalized spacial score (nSPS) is 13.0. The van der Waals surface area contributed by atoms with Gasteiger partial charge in [-0.15, -0.1) is 0 Å². The molecular formula is C77H128O6. The molecule has 0 aromatic heterocycles. The van der Waals surface area contributed by atoms with Crippen molar-refractivity contribution in [2.75, 3.05) is 13.2 Å². The minimum atomic E-state index is -0.799. The van der Waals surface area contributed by atoms with E-state index in [-0.39, 0.29) is 31.1 Å². The van der Waals surface area contributed by atoms with Crippen molar-refractivity contribution in [3.05, 3.63) is 134 Å².